The van der Waals surface area contributed by atoms with Gasteiger partial charge in [0.1, 0.15) is 11.5 Å². The molecule has 0 saturated carbocycles. The van der Waals surface area contributed by atoms with Crippen molar-refractivity contribution in [3.63, 3.8) is 0 Å². The van der Waals surface area contributed by atoms with Gasteiger partial charge in [0.25, 0.3) is 5.91 Å². The first kappa shape index (κ1) is 22.9. The maximum Gasteiger partial charge on any atom is 0.255 e. The summed E-state index contributed by atoms with van der Waals surface area (Å²) in [7, 11) is 3.20. The largest absolute Gasteiger partial charge is 0.497 e. The van der Waals surface area contributed by atoms with E-state index in [9.17, 15) is 9.59 Å². The molecule has 2 aromatic rings. The average Bonchev–Trinajstić information content (AvgIpc) is 3.24. The second-order valence-corrected chi connectivity index (χ2v) is 8.06. The summed E-state index contributed by atoms with van der Waals surface area (Å²) in [6, 6.07) is 12.5. The monoisotopic (exact) mass is 444 g/mol. The molecule has 0 aliphatic carbocycles. The molecule has 1 saturated heterocycles. The Hall–Kier alpha value is -2.73. The van der Waals surface area contributed by atoms with Crippen LogP contribution in [0.15, 0.2) is 42.5 Å². The number of amides is 2. The highest BCUT2D eigenvalue weighted by Gasteiger charge is 2.42. The number of benzene rings is 2. The second-order valence-electron chi connectivity index (χ2n) is 7.66. The maximum atomic E-state index is 13.2. The van der Waals surface area contributed by atoms with Crippen molar-refractivity contribution in [2.75, 3.05) is 33.9 Å². The Morgan fingerprint density at radius 3 is 2.58 bits per heavy atom. The smallest absolute Gasteiger partial charge is 0.255 e. The number of ether oxygens (including phenoxy) is 2. The first-order valence-electron chi connectivity index (χ1n) is 10.5. The third-order valence-electron chi connectivity index (χ3n) is 5.71. The minimum absolute atomic E-state index is 0.0576. The number of unbranched alkanes of at least 4 members (excludes halogenated alkanes) is 1. The highest BCUT2D eigenvalue weighted by atomic mass is 35.5. The molecule has 31 heavy (non-hydrogen) atoms. The van der Waals surface area contributed by atoms with Crippen molar-refractivity contribution in [1.29, 1.82) is 0 Å². The number of hydrogen-bond donors (Lipinski definition) is 1. The molecule has 6 nitrogen and oxygen atoms in total. The summed E-state index contributed by atoms with van der Waals surface area (Å²) >= 11 is 6.26. The van der Waals surface area contributed by atoms with Gasteiger partial charge in [0.05, 0.1) is 30.7 Å². The van der Waals surface area contributed by atoms with Crippen LogP contribution in [0.2, 0.25) is 5.02 Å². The van der Waals surface area contributed by atoms with Crippen LogP contribution >= 0.6 is 11.6 Å². The highest BCUT2D eigenvalue weighted by molar-refractivity contribution is 6.33. The number of nitrogens with zero attached hydrogens (tertiary/aromatic N) is 1. The molecule has 0 bridgehead atoms. The Kier molecular flexibility index (Phi) is 7.80. The van der Waals surface area contributed by atoms with Gasteiger partial charge >= 0.3 is 0 Å². The van der Waals surface area contributed by atoms with Crippen molar-refractivity contribution in [1.82, 2.24) is 10.2 Å². The SMILES string of the molecule is CCCCNC(=O)[C@H]1CN(C(=O)c2ccccc2Cl)C[C@H]1c1cc(OC)ccc1OC. The van der Waals surface area contributed by atoms with Gasteiger partial charge in [-0.25, -0.2) is 0 Å². The van der Waals surface area contributed by atoms with Crippen LogP contribution in [0.3, 0.4) is 0 Å². The van der Waals surface area contributed by atoms with Gasteiger partial charge in [-0.15, -0.1) is 0 Å². The molecule has 2 atom stereocenters. The van der Waals surface area contributed by atoms with E-state index in [1.165, 1.54) is 0 Å². The molecule has 1 N–H and O–H groups in total. The number of rotatable bonds is 8. The molecule has 3 rings (SSSR count). The quantitative estimate of drug-likeness (QED) is 0.621. The van der Waals surface area contributed by atoms with Gasteiger partial charge in [-0.3, -0.25) is 9.59 Å². The molecule has 0 unspecified atom stereocenters. The van der Waals surface area contributed by atoms with E-state index >= 15 is 0 Å². The van der Waals surface area contributed by atoms with Crippen LogP contribution in [0.4, 0.5) is 0 Å². The number of halogens is 1. The summed E-state index contributed by atoms with van der Waals surface area (Å²) in [5, 5.41) is 3.43. The minimum atomic E-state index is -0.399. The first-order valence-corrected chi connectivity index (χ1v) is 10.9. The number of likely N-dealkylation sites (tertiary alicyclic amines) is 1. The van der Waals surface area contributed by atoms with Crippen LogP contribution in [-0.2, 0) is 4.79 Å². The van der Waals surface area contributed by atoms with Crippen LogP contribution < -0.4 is 14.8 Å². The van der Waals surface area contributed by atoms with Crippen molar-refractivity contribution >= 4 is 23.4 Å². The molecule has 2 aromatic carbocycles. The van der Waals surface area contributed by atoms with E-state index < -0.39 is 5.92 Å². The van der Waals surface area contributed by atoms with Crippen LogP contribution in [0.5, 0.6) is 11.5 Å². The van der Waals surface area contributed by atoms with Crippen molar-refractivity contribution in [3.05, 3.63) is 58.6 Å². The van der Waals surface area contributed by atoms with E-state index in [-0.39, 0.29) is 17.7 Å². The number of carbonyl (C=O) groups is 2. The fraction of sp³-hybridized carbons (Fsp3) is 0.417. The molecule has 1 heterocycles. The Labute approximate surface area is 188 Å². The molecule has 166 valence electrons. The molecule has 0 aromatic heterocycles. The normalized spacial score (nSPS) is 18.0. The van der Waals surface area contributed by atoms with E-state index in [0.717, 1.165) is 18.4 Å². The predicted molar refractivity (Wildman–Crippen MR) is 121 cm³/mol. The van der Waals surface area contributed by atoms with Gasteiger partial charge in [0.15, 0.2) is 0 Å². The molecular formula is C24H29ClN2O4. The van der Waals surface area contributed by atoms with Crippen LogP contribution in [0.25, 0.3) is 0 Å². The predicted octanol–water partition coefficient (Wildman–Crippen LogP) is 4.13. The molecule has 7 heteroatoms. The second kappa shape index (κ2) is 10.5. The Balaban J connectivity index is 1.94. The molecule has 1 aliphatic heterocycles. The van der Waals surface area contributed by atoms with Gasteiger partial charge in [0.2, 0.25) is 5.91 Å². The summed E-state index contributed by atoms with van der Waals surface area (Å²) in [5.74, 6) is 0.488. The van der Waals surface area contributed by atoms with Crippen molar-refractivity contribution < 1.29 is 19.1 Å². The van der Waals surface area contributed by atoms with Gasteiger partial charge in [-0.1, -0.05) is 37.1 Å². The summed E-state index contributed by atoms with van der Waals surface area (Å²) in [6.45, 7) is 3.40. The van der Waals surface area contributed by atoms with E-state index in [0.29, 0.717) is 41.7 Å². The standard InChI is InChI=1S/C24H29ClN2O4/c1-4-5-12-26-23(28)20-15-27(24(29)17-8-6-7-9-21(17)25)14-19(20)18-13-16(30-2)10-11-22(18)31-3/h6-11,13,19-20H,4-5,12,14-15H2,1-3H3,(H,26,28)/t19-,20-/m0/s1. The fourth-order valence-corrected chi connectivity index (χ4v) is 4.22. The van der Waals surface area contributed by atoms with Gasteiger partial charge in [-0.2, -0.15) is 0 Å². The fourth-order valence-electron chi connectivity index (χ4n) is 4.00. The van der Waals surface area contributed by atoms with Crippen molar-refractivity contribution in [2.45, 2.75) is 25.7 Å². The van der Waals surface area contributed by atoms with E-state index in [1.54, 1.807) is 43.4 Å². The third-order valence-corrected chi connectivity index (χ3v) is 6.04. The molecule has 2 amide bonds. The minimum Gasteiger partial charge on any atom is -0.497 e. The summed E-state index contributed by atoms with van der Waals surface area (Å²) in [6.07, 6.45) is 1.91. The maximum absolute atomic E-state index is 13.2. The lowest BCUT2D eigenvalue weighted by atomic mass is 9.87. The topological polar surface area (TPSA) is 67.9 Å². The van der Waals surface area contributed by atoms with Gasteiger partial charge < -0.3 is 19.7 Å². The van der Waals surface area contributed by atoms with E-state index in [2.05, 4.69) is 12.2 Å². The number of methoxy groups -OCH3 is 2. The molecular weight excluding hydrogens is 416 g/mol. The number of carbonyl (C=O) groups excluding carboxylic acids is 2. The van der Waals surface area contributed by atoms with Gasteiger partial charge in [-0.05, 0) is 36.8 Å². The molecule has 0 radical (unpaired) electrons. The zero-order valence-corrected chi connectivity index (χ0v) is 18.9. The third kappa shape index (κ3) is 5.13. The summed E-state index contributed by atoms with van der Waals surface area (Å²) < 4.78 is 11.0. The van der Waals surface area contributed by atoms with Gasteiger partial charge in [0, 0.05) is 31.1 Å². The Morgan fingerprint density at radius 2 is 1.90 bits per heavy atom. The molecule has 0 spiro atoms. The summed E-state index contributed by atoms with van der Waals surface area (Å²) in [5.41, 5.74) is 1.29. The first-order chi connectivity index (χ1) is 15.0. The number of nitrogens with one attached hydrogen (secondary N) is 1. The average molecular weight is 445 g/mol. The van der Waals surface area contributed by atoms with E-state index in [1.807, 2.05) is 18.2 Å². The zero-order chi connectivity index (χ0) is 22.4. The van der Waals surface area contributed by atoms with Crippen LogP contribution in [0, 0.1) is 5.92 Å². The number of hydrogen-bond acceptors (Lipinski definition) is 4. The Bertz CT molecular complexity index is 934. The lowest BCUT2D eigenvalue weighted by molar-refractivity contribution is -0.124. The Morgan fingerprint density at radius 1 is 1.13 bits per heavy atom. The van der Waals surface area contributed by atoms with Crippen LogP contribution in [-0.4, -0.2) is 50.6 Å². The van der Waals surface area contributed by atoms with E-state index in [4.69, 9.17) is 21.1 Å². The molecule has 1 aliphatic rings. The van der Waals surface area contributed by atoms with Crippen molar-refractivity contribution in [2.24, 2.45) is 5.92 Å². The molecule has 1 fully saturated rings. The van der Waals surface area contributed by atoms with Crippen molar-refractivity contribution in [3.8, 4) is 11.5 Å². The lowest BCUT2D eigenvalue weighted by Crippen LogP contribution is -2.36. The zero-order valence-electron chi connectivity index (χ0n) is 18.2. The highest BCUT2D eigenvalue weighted by Crippen LogP contribution is 2.40. The summed E-state index contributed by atoms with van der Waals surface area (Å²) in [4.78, 5) is 28.0. The van der Waals surface area contributed by atoms with Crippen LogP contribution in [0.1, 0.15) is 41.6 Å². The lowest BCUT2D eigenvalue weighted by Gasteiger charge is -2.21.